The van der Waals surface area contributed by atoms with Crippen molar-refractivity contribution >= 4 is 43.8 Å². The molecule has 28 heavy (non-hydrogen) atoms. The number of nitrogens with zero attached hydrogens (tertiary/aromatic N) is 1. The Bertz CT molecular complexity index is 929. The SMILES string of the molecule is CCOc1cc(/C=N/Nc2ccccc2)c(Br)cc1OCc1ccc(Br)cc1. The summed E-state index contributed by atoms with van der Waals surface area (Å²) in [6.07, 6.45) is 1.75. The summed E-state index contributed by atoms with van der Waals surface area (Å²) in [5, 5.41) is 4.30. The van der Waals surface area contributed by atoms with Gasteiger partial charge in [-0.3, -0.25) is 5.43 Å². The van der Waals surface area contributed by atoms with Crippen LogP contribution in [0.1, 0.15) is 18.1 Å². The van der Waals surface area contributed by atoms with Crippen LogP contribution in [0.2, 0.25) is 0 Å². The lowest BCUT2D eigenvalue weighted by Gasteiger charge is -2.14. The van der Waals surface area contributed by atoms with Gasteiger partial charge < -0.3 is 9.47 Å². The van der Waals surface area contributed by atoms with Crippen LogP contribution in [0.5, 0.6) is 11.5 Å². The number of nitrogens with one attached hydrogen (secondary N) is 1. The summed E-state index contributed by atoms with van der Waals surface area (Å²) >= 11 is 7.04. The Labute approximate surface area is 181 Å². The molecule has 0 spiro atoms. The topological polar surface area (TPSA) is 42.8 Å². The molecule has 0 aromatic heterocycles. The van der Waals surface area contributed by atoms with Crippen molar-refractivity contribution in [3.63, 3.8) is 0 Å². The Morgan fingerprint density at radius 3 is 2.36 bits per heavy atom. The van der Waals surface area contributed by atoms with Crippen LogP contribution in [0.25, 0.3) is 0 Å². The van der Waals surface area contributed by atoms with Gasteiger partial charge in [-0.15, -0.1) is 0 Å². The predicted octanol–water partition coefficient (Wildman–Crippen LogP) is 6.64. The van der Waals surface area contributed by atoms with Crippen molar-refractivity contribution in [1.29, 1.82) is 0 Å². The summed E-state index contributed by atoms with van der Waals surface area (Å²) in [5.41, 5.74) is 5.91. The van der Waals surface area contributed by atoms with Crippen molar-refractivity contribution in [3.8, 4) is 11.5 Å². The third-order valence-corrected chi connectivity index (χ3v) is 5.06. The molecule has 0 bridgehead atoms. The number of hydrazone groups is 1. The fourth-order valence-electron chi connectivity index (χ4n) is 2.46. The van der Waals surface area contributed by atoms with E-state index < -0.39 is 0 Å². The molecule has 3 rings (SSSR count). The maximum Gasteiger partial charge on any atom is 0.162 e. The minimum atomic E-state index is 0.461. The van der Waals surface area contributed by atoms with Gasteiger partial charge in [-0.05, 0) is 64.8 Å². The molecule has 1 N–H and O–H groups in total. The van der Waals surface area contributed by atoms with E-state index in [1.165, 1.54) is 0 Å². The number of para-hydroxylation sites is 1. The van der Waals surface area contributed by atoms with Crippen molar-refractivity contribution in [2.24, 2.45) is 5.10 Å². The second-order valence-electron chi connectivity index (χ2n) is 5.90. The molecule has 4 nitrogen and oxygen atoms in total. The monoisotopic (exact) mass is 502 g/mol. The fourth-order valence-corrected chi connectivity index (χ4v) is 3.15. The molecule has 0 aliphatic carbocycles. The summed E-state index contributed by atoms with van der Waals surface area (Å²) in [7, 11) is 0. The number of ether oxygens (including phenoxy) is 2. The van der Waals surface area contributed by atoms with E-state index in [0.29, 0.717) is 24.7 Å². The summed E-state index contributed by atoms with van der Waals surface area (Å²) in [5.74, 6) is 1.37. The van der Waals surface area contributed by atoms with E-state index in [-0.39, 0.29) is 0 Å². The van der Waals surface area contributed by atoms with E-state index >= 15 is 0 Å². The molecule has 0 aliphatic heterocycles. The Balaban J connectivity index is 1.74. The summed E-state index contributed by atoms with van der Waals surface area (Å²) in [6.45, 7) is 2.96. The van der Waals surface area contributed by atoms with Gasteiger partial charge in [-0.25, -0.2) is 0 Å². The molecule has 0 saturated heterocycles. The zero-order chi connectivity index (χ0) is 19.8. The molecule has 0 fully saturated rings. The summed E-state index contributed by atoms with van der Waals surface area (Å²) < 4.78 is 13.7. The van der Waals surface area contributed by atoms with Crippen molar-refractivity contribution in [1.82, 2.24) is 0 Å². The van der Waals surface area contributed by atoms with Gasteiger partial charge >= 0.3 is 0 Å². The third kappa shape index (κ3) is 5.84. The lowest BCUT2D eigenvalue weighted by molar-refractivity contribution is 0.269. The highest BCUT2D eigenvalue weighted by atomic mass is 79.9. The number of rotatable bonds is 8. The normalized spacial score (nSPS) is 10.8. The first kappa shape index (κ1) is 20.4. The minimum absolute atomic E-state index is 0.461. The Morgan fingerprint density at radius 1 is 0.929 bits per heavy atom. The lowest BCUT2D eigenvalue weighted by atomic mass is 10.2. The van der Waals surface area contributed by atoms with Crippen LogP contribution >= 0.6 is 31.9 Å². The molecule has 144 valence electrons. The van der Waals surface area contributed by atoms with Gasteiger partial charge in [-0.1, -0.05) is 46.3 Å². The first-order chi connectivity index (χ1) is 13.7. The van der Waals surface area contributed by atoms with Gasteiger partial charge in [0.1, 0.15) is 6.61 Å². The molecule has 0 saturated carbocycles. The minimum Gasteiger partial charge on any atom is -0.490 e. The van der Waals surface area contributed by atoms with Gasteiger partial charge in [0.2, 0.25) is 0 Å². The van der Waals surface area contributed by atoms with Gasteiger partial charge in [-0.2, -0.15) is 5.10 Å². The Morgan fingerprint density at radius 2 is 1.64 bits per heavy atom. The first-order valence-electron chi connectivity index (χ1n) is 8.83. The van der Waals surface area contributed by atoms with Gasteiger partial charge in [0.15, 0.2) is 11.5 Å². The van der Waals surface area contributed by atoms with Gasteiger partial charge in [0.25, 0.3) is 0 Å². The number of hydrogen-bond acceptors (Lipinski definition) is 4. The van der Waals surface area contributed by atoms with Crippen molar-refractivity contribution in [2.45, 2.75) is 13.5 Å². The second-order valence-corrected chi connectivity index (χ2v) is 7.67. The van der Waals surface area contributed by atoms with Crippen LogP contribution in [0, 0.1) is 0 Å². The molecule has 3 aromatic carbocycles. The second kappa shape index (κ2) is 10.3. The average Bonchev–Trinajstić information content (AvgIpc) is 2.71. The smallest absolute Gasteiger partial charge is 0.162 e. The van der Waals surface area contributed by atoms with E-state index in [1.54, 1.807) is 6.21 Å². The van der Waals surface area contributed by atoms with Crippen molar-refractivity contribution < 1.29 is 9.47 Å². The molecule has 0 unspecified atom stereocenters. The van der Waals surface area contributed by atoms with Crippen molar-refractivity contribution in [3.05, 3.63) is 86.8 Å². The Kier molecular flexibility index (Phi) is 7.51. The zero-order valence-electron chi connectivity index (χ0n) is 15.4. The maximum atomic E-state index is 5.99. The van der Waals surface area contributed by atoms with E-state index in [4.69, 9.17) is 9.47 Å². The van der Waals surface area contributed by atoms with E-state index in [0.717, 1.165) is 25.8 Å². The highest BCUT2D eigenvalue weighted by molar-refractivity contribution is 9.10. The average molecular weight is 504 g/mol. The summed E-state index contributed by atoms with van der Waals surface area (Å²) in [4.78, 5) is 0. The number of hydrogen-bond donors (Lipinski definition) is 1. The highest BCUT2D eigenvalue weighted by Gasteiger charge is 2.10. The fraction of sp³-hybridized carbons (Fsp3) is 0.136. The highest BCUT2D eigenvalue weighted by Crippen LogP contribution is 2.34. The number of anilines is 1. The lowest BCUT2D eigenvalue weighted by Crippen LogP contribution is -2.01. The molecule has 0 radical (unpaired) electrons. The molecule has 0 aliphatic rings. The van der Waals surface area contributed by atoms with Gasteiger partial charge in [0, 0.05) is 14.5 Å². The Hall–Kier alpha value is -2.31. The number of benzene rings is 3. The van der Waals surface area contributed by atoms with Crippen LogP contribution < -0.4 is 14.9 Å². The quantitative estimate of drug-likeness (QED) is 0.277. The molecule has 0 atom stereocenters. The standard InChI is InChI=1S/C22H20Br2N2O2/c1-2-27-21-12-17(14-25-26-19-6-4-3-5-7-19)20(24)13-22(21)28-15-16-8-10-18(23)11-9-16/h3-14,26H,2,15H2,1H3/b25-14+. The third-order valence-electron chi connectivity index (χ3n) is 3.84. The van der Waals surface area contributed by atoms with Gasteiger partial charge in [0.05, 0.1) is 18.5 Å². The van der Waals surface area contributed by atoms with E-state index in [9.17, 15) is 0 Å². The van der Waals surface area contributed by atoms with Crippen LogP contribution in [0.3, 0.4) is 0 Å². The molecule has 0 heterocycles. The predicted molar refractivity (Wildman–Crippen MR) is 121 cm³/mol. The molecule has 6 heteroatoms. The van der Waals surface area contributed by atoms with Crippen LogP contribution in [-0.4, -0.2) is 12.8 Å². The zero-order valence-corrected chi connectivity index (χ0v) is 18.5. The molecule has 0 amide bonds. The van der Waals surface area contributed by atoms with Crippen LogP contribution in [0.15, 0.2) is 80.8 Å². The van der Waals surface area contributed by atoms with Crippen LogP contribution in [-0.2, 0) is 6.61 Å². The first-order valence-corrected chi connectivity index (χ1v) is 10.4. The van der Waals surface area contributed by atoms with E-state index in [2.05, 4.69) is 42.4 Å². The largest absolute Gasteiger partial charge is 0.490 e. The summed E-state index contributed by atoms with van der Waals surface area (Å²) in [6, 6.07) is 21.7. The molecular formula is C22H20Br2N2O2. The van der Waals surface area contributed by atoms with Crippen LogP contribution in [0.4, 0.5) is 5.69 Å². The number of halogens is 2. The maximum absolute atomic E-state index is 5.99. The van der Waals surface area contributed by atoms with Crippen molar-refractivity contribution in [2.75, 3.05) is 12.0 Å². The molecular weight excluding hydrogens is 484 g/mol. The van der Waals surface area contributed by atoms with E-state index in [1.807, 2.05) is 73.7 Å². The molecule has 3 aromatic rings.